The second-order valence-electron chi connectivity index (χ2n) is 3.88. The van der Waals surface area contributed by atoms with E-state index in [2.05, 4.69) is 30.8 Å². The first-order valence-corrected chi connectivity index (χ1v) is 5.09. The maximum atomic E-state index is 5.61. The van der Waals surface area contributed by atoms with Gasteiger partial charge in [0.15, 0.2) is 0 Å². The van der Waals surface area contributed by atoms with Gasteiger partial charge in [-0.1, -0.05) is 36.9 Å². The zero-order valence-corrected chi connectivity index (χ0v) is 8.62. The van der Waals surface area contributed by atoms with Crippen molar-refractivity contribution in [1.29, 1.82) is 0 Å². The van der Waals surface area contributed by atoms with Gasteiger partial charge in [-0.15, -0.1) is 0 Å². The SMILES string of the molecule is C=Cc1ccc(C2(OC)CCC2)cc1. The first kappa shape index (κ1) is 9.47. The van der Waals surface area contributed by atoms with E-state index in [1.807, 2.05) is 6.08 Å². The molecule has 1 aliphatic rings. The Hall–Kier alpha value is -1.08. The molecule has 0 bridgehead atoms. The minimum atomic E-state index is 0.0136. The van der Waals surface area contributed by atoms with Crippen molar-refractivity contribution >= 4 is 6.08 Å². The number of methoxy groups -OCH3 is 1. The minimum Gasteiger partial charge on any atom is -0.374 e. The molecule has 0 spiro atoms. The minimum absolute atomic E-state index is 0.0136. The van der Waals surface area contributed by atoms with E-state index < -0.39 is 0 Å². The van der Waals surface area contributed by atoms with E-state index in [9.17, 15) is 0 Å². The quantitative estimate of drug-likeness (QED) is 0.706. The van der Waals surface area contributed by atoms with Crippen LogP contribution in [0.25, 0.3) is 6.08 Å². The Kier molecular flexibility index (Phi) is 2.42. The van der Waals surface area contributed by atoms with Crippen molar-refractivity contribution in [2.45, 2.75) is 24.9 Å². The van der Waals surface area contributed by atoms with Gasteiger partial charge in [-0.3, -0.25) is 0 Å². The summed E-state index contributed by atoms with van der Waals surface area (Å²) in [7, 11) is 1.81. The van der Waals surface area contributed by atoms with Gasteiger partial charge in [0, 0.05) is 7.11 Å². The average Bonchev–Trinajstić information content (AvgIpc) is 2.18. The lowest BCUT2D eigenvalue weighted by Gasteiger charge is -2.41. The van der Waals surface area contributed by atoms with E-state index in [1.54, 1.807) is 7.11 Å². The molecule has 1 nitrogen and oxygen atoms in total. The first-order valence-electron chi connectivity index (χ1n) is 5.09. The van der Waals surface area contributed by atoms with Crippen LogP contribution in [-0.4, -0.2) is 7.11 Å². The monoisotopic (exact) mass is 188 g/mol. The van der Waals surface area contributed by atoms with Crippen molar-refractivity contribution in [1.82, 2.24) is 0 Å². The molecular weight excluding hydrogens is 172 g/mol. The smallest absolute Gasteiger partial charge is 0.0927 e. The van der Waals surface area contributed by atoms with Gasteiger partial charge in [0.25, 0.3) is 0 Å². The highest BCUT2D eigenvalue weighted by molar-refractivity contribution is 5.48. The number of hydrogen-bond donors (Lipinski definition) is 0. The number of rotatable bonds is 3. The fourth-order valence-electron chi connectivity index (χ4n) is 2.03. The predicted molar refractivity (Wildman–Crippen MR) is 59.1 cm³/mol. The molecular formula is C13H16O. The van der Waals surface area contributed by atoms with Crippen LogP contribution in [-0.2, 0) is 10.3 Å². The van der Waals surface area contributed by atoms with Crippen LogP contribution in [0.3, 0.4) is 0 Å². The Bertz CT molecular complexity index is 314. The summed E-state index contributed by atoms with van der Waals surface area (Å²) in [5.41, 5.74) is 2.48. The van der Waals surface area contributed by atoms with E-state index >= 15 is 0 Å². The second-order valence-corrected chi connectivity index (χ2v) is 3.88. The van der Waals surface area contributed by atoms with E-state index in [-0.39, 0.29) is 5.60 Å². The molecule has 0 saturated heterocycles. The highest BCUT2D eigenvalue weighted by atomic mass is 16.5. The van der Waals surface area contributed by atoms with Crippen LogP contribution in [0.5, 0.6) is 0 Å². The molecule has 1 aliphatic carbocycles. The summed E-state index contributed by atoms with van der Waals surface area (Å²) >= 11 is 0. The fraction of sp³-hybridized carbons (Fsp3) is 0.385. The molecule has 1 fully saturated rings. The van der Waals surface area contributed by atoms with Gasteiger partial charge in [0.1, 0.15) is 0 Å². The second kappa shape index (κ2) is 3.58. The maximum Gasteiger partial charge on any atom is 0.0927 e. The van der Waals surface area contributed by atoms with Crippen molar-refractivity contribution in [2.75, 3.05) is 7.11 Å². The third-order valence-corrected chi connectivity index (χ3v) is 3.22. The molecule has 0 atom stereocenters. The van der Waals surface area contributed by atoms with E-state index in [0.29, 0.717) is 0 Å². The molecule has 1 aromatic rings. The molecule has 0 aromatic heterocycles. The van der Waals surface area contributed by atoms with Gasteiger partial charge < -0.3 is 4.74 Å². The molecule has 0 unspecified atom stereocenters. The molecule has 0 amide bonds. The highest BCUT2D eigenvalue weighted by Gasteiger charge is 2.38. The van der Waals surface area contributed by atoms with E-state index in [4.69, 9.17) is 4.74 Å². The zero-order chi connectivity index (χ0) is 10.0. The van der Waals surface area contributed by atoms with Crippen molar-refractivity contribution in [2.24, 2.45) is 0 Å². The number of ether oxygens (including phenoxy) is 1. The van der Waals surface area contributed by atoms with Gasteiger partial charge >= 0.3 is 0 Å². The van der Waals surface area contributed by atoms with Crippen LogP contribution < -0.4 is 0 Å². The van der Waals surface area contributed by atoms with Crippen LogP contribution in [0.2, 0.25) is 0 Å². The summed E-state index contributed by atoms with van der Waals surface area (Å²) in [5.74, 6) is 0. The van der Waals surface area contributed by atoms with Crippen molar-refractivity contribution in [3.63, 3.8) is 0 Å². The summed E-state index contributed by atoms with van der Waals surface area (Å²) < 4.78 is 5.61. The van der Waals surface area contributed by atoms with Crippen LogP contribution in [0, 0.1) is 0 Å². The van der Waals surface area contributed by atoms with Crippen LogP contribution in [0.1, 0.15) is 30.4 Å². The lowest BCUT2D eigenvalue weighted by molar-refractivity contribution is -0.0778. The predicted octanol–water partition coefficient (Wildman–Crippen LogP) is 3.36. The van der Waals surface area contributed by atoms with Crippen LogP contribution in [0.15, 0.2) is 30.8 Å². The third-order valence-electron chi connectivity index (χ3n) is 3.22. The summed E-state index contributed by atoms with van der Waals surface area (Å²) in [6.45, 7) is 3.75. The molecule has 0 radical (unpaired) electrons. The molecule has 1 aromatic carbocycles. The Balaban J connectivity index is 2.27. The summed E-state index contributed by atoms with van der Waals surface area (Å²) in [6, 6.07) is 8.50. The van der Waals surface area contributed by atoms with Crippen LogP contribution >= 0.6 is 0 Å². The summed E-state index contributed by atoms with van der Waals surface area (Å²) in [4.78, 5) is 0. The Morgan fingerprint density at radius 2 is 1.93 bits per heavy atom. The van der Waals surface area contributed by atoms with Crippen LogP contribution in [0.4, 0.5) is 0 Å². The average molecular weight is 188 g/mol. The molecule has 0 aliphatic heterocycles. The lowest BCUT2D eigenvalue weighted by Crippen LogP contribution is -2.35. The normalized spacial score (nSPS) is 18.6. The van der Waals surface area contributed by atoms with Gasteiger partial charge in [0.2, 0.25) is 0 Å². The third kappa shape index (κ3) is 1.38. The first-order chi connectivity index (χ1) is 6.80. The van der Waals surface area contributed by atoms with E-state index in [0.717, 1.165) is 12.8 Å². The van der Waals surface area contributed by atoms with Crippen molar-refractivity contribution in [3.8, 4) is 0 Å². The Morgan fingerprint density at radius 1 is 1.29 bits per heavy atom. The summed E-state index contributed by atoms with van der Waals surface area (Å²) in [6.07, 6.45) is 5.44. The maximum absolute atomic E-state index is 5.61. The fourth-order valence-corrected chi connectivity index (χ4v) is 2.03. The molecule has 74 valence electrons. The Morgan fingerprint density at radius 3 is 2.29 bits per heavy atom. The molecule has 2 rings (SSSR count). The standard InChI is InChI=1S/C13H16O/c1-3-11-5-7-12(8-6-11)13(14-2)9-4-10-13/h3,5-8H,1,4,9-10H2,2H3. The molecule has 14 heavy (non-hydrogen) atoms. The van der Waals surface area contributed by atoms with Crippen molar-refractivity contribution < 1.29 is 4.74 Å². The zero-order valence-electron chi connectivity index (χ0n) is 8.62. The lowest BCUT2D eigenvalue weighted by atomic mass is 9.75. The molecule has 0 heterocycles. The van der Waals surface area contributed by atoms with Crippen molar-refractivity contribution in [3.05, 3.63) is 42.0 Å². The van der Waals surface area contributed by atoms with Gasteiger partial charge in [-0.25, -0.2) is 0 Å². The Labute approximate surface area is 85.4 Å². The van der Waals surface area contributed by atoms with Gasteiger partial charge in [-0.05, 0) is 30.4 Å². The number of benzene rings is 1. The number of hydrogen-bond acceptors (Lipinski definition) is 1. The molecule has 0 N–H and O–H groups in total. The highest BCUT2D eigenvalue weighted by Crippen LogP contribution is 2.44. The topological polar surface area (TPSA) is 9.23 Å². The molecule has 1 saturated carbocycles. The van der Waals surface area contributed by atoms with E-state index in [1.165, 1.54) is 17.5 Å². The van der Waals surface area contributed by atoms with Gasteiger partial charge in [0.05, 0.1) is 5.60 Å². The molecule has 1 heteroatoms. The van der Waals surface area contributed by atoms with Gasteiger partial charge in [-0.2, -0.15) is 0 Å². The summed E-state index contributed by atoms with van der Waals surface area (Å²) in [5, 5.41) is 0. The largest absolute Gasteiger partial charge is 0.374 e.